The van der Waals surface area contributed by atoms with Crippen LogP contribution in [0.15, 0.2) is 0 Å². The van der Waals surface area contributed by atoms with E-state index < -0.39 is 0 Å². The van der Waals surface area contributed by atoms with Crippen molar-refractivity contribution in [3.8, 4) is 6.07 Å². The summed E-state index contributed by atoms with van der Waals surface area (Å²) in [5.41, 5.74) is 0.601. The van der Waals surface area contributed by atoms with E-state index in [0.29, 0.717) is 9.74 Å². The van der Waals surface area contributed by atoms with Gasteiger partial charge in [-0.05, 0) is 40.9 Å². The highest BCUT2D eigenvalue weighted by atomic mass is 79.9. The number of nitrogens with zero attached hydrogens (tertiary/aromatic N) is 1. The molecule has 6 fully saturated rings. The Bertz CT molecular complexity index is 326. The third-order valence-corrected chi connectivity index (χ3v) is 7.69. The third-order valence-electron chi connectivity index (χ3n) is 6.10. The van der Waals surface area contributed by atoms with Crippen molar-refractivity contribution in [1.29, 1.82) is 5.26 Å². The van der Waals surface area contributed by atoms with Crippen LogP contribution in [-0.4, -0.2) is 4.32 Å². The van der Waals surface area contributed by atoms with Crippen LogP contribution in [-0.2, 0) is 0 Å². The lowest BCUT2D eigenvalue weighted by Crippen LogP contribution is -3.11. The Morgan fingerprint density at radius 1 is 1.08 bits per heavy atom. The van der Waals surface area contributed by atoms with E-state index >= 15 is 0 Å². The molecule has 0 aromatic rings. The van der Waals surface area contributed by atoms with E-state index in [4.69, 9.17) is 5.26 Å². The lowest BCUT2D eigenvalue weighted by atomic mass is 8.96. The molecule has 6 rings (SSSR count). The van der Waals surface area contributed by atoms with Gasteiger partial charge >= 0.3 is 0 Å². The second kappa shape index (κ2) is 1.07. The van der Waals surface area contributed by atoms with Gasteiger partial charge < -0.3 is 0 Å². The summed E-state index contributed by atoms with van der Waals surface area (Å²) in [6, 6.07) is 2.40. The molecule has 0 aromatic carbocycles. The summed E-state index contributed by atoms with van der Waals surface area (Å²) < 4.78 is 0.643. The van der Waals surface area contributed by atoms with Gasteiger partial charge in [0, 0.05) is 10.7 Å². The highest BCUT2D eigenvalue weighted by Crippen LogP contribution is 3.09. The summed E-state index contributed by atoms with van der Waals surface area (Å²) in [7, 11) is 0. The van der Waals surface area contributed by atoms with Crippen molar-refractivity contribution in [1.82, 2.24) is 0 Å². The fourth-order valence-electron chi connectivity index (χ4n) is 6.11. The Morgan fingerprint density at radius 2 is 1.58 bits per heavy atom. The van der Waals surface area contributed by atoms with Gasteiger partial charge in [-0.2, -0.15) is 5.26 Å². The monoisotopic (exact) mass is 221 g/mol. The molecule has 0 atom stereocenters. The maximum Gasteiger partial charge on any atom is 0.0627 e. The molecule has 1 nitrogen and oxygen atoms in total. The van der Waals surface area contributed by atoms with Crippen molar-refractivity contribution in [3.63, 3.8) is 0 Å². The van der Waals surface area contributed by atoms with Crippen LogP contribution in [0.25, 0.3) is 0 Å². The van der Waals surface area contributed by atoms with Crippen LogP contribution in [0.1, 0.15) is 6.42 Å². The van der Waals surface area contributed by atoms with E-state index in [2.05, 4.69) is 22.0 Å². The van der Waals surface area contributed by atoms with Crippen LogP contribution >= 0.6 is 15.9 Å². The van der Waals surface area contributed by atoms with Crippen LogP contribution in [0.5, 0.6) is 0 Å². The van der Waals surface area contributed by atoms with Crippen LogP contribution in [0.3, 0.4) is 0 Å². The molecular weight excluding hydrogens is 214 g/mol. The van der Waals surface area contributed by atoms with Crippen molar-refractivity contribution in [2.75, 3.05) is 0 Å². The van der Waals surface area contributed by atoms with Crippen LogP contribution < -0.4 is 0 Å². The number of rotatable bonds is 1. The fraction of sp³-hybridized carbons (Fsp3) is 0.900. The summed E-state index contributed by atoms with van der Waals surface area (Å²) in [6.45, 7) is 0. The Morgan fingerprint density at radius 3 is 2.00 bits per heavy atom. The summed E-state index contributed by atoms with van der Waals surface area (Å²) in [4.78, 5) is 0. The first kappa shape index (κ1) is 5.65. The first-order valence-electron chi connectivity index (χ1n) is 4.85. The Labute approximate surface area is 79.3 Å². The number of alkyl halides is 1. The Hall–Kier alpha value is -0.0300. The molecule has 6 saturated carbocycles. The minimum Gasteiger partial charge on any atom is -0.198 e. The molecule has 12 heavy (non-hydrogen) atoms. The molecule has 0 heterocycles. The third kappa shape index (κ3) is 0.196. The molecule has 0 amide bonds. The van der Waals surface area contributed by atoms with Gasteiger partial charge in [0.1, 0.15) is 0 Å². The van der Waals surface area contributed by atoms with Gasteiger partial charge in [-0.15, -0.1) is 0 Å². The average Bonchev–Trinajstić information content (AvgIpc) is 2.11. The van der Waals surface area contributed by atoms with Crippen molar-refractivity contribution in [2.45, 2.75) is 10.7 Å². The van der Waals surface area contributed by atoms with E-state index in [9.17, 15) is 0 Å². The van der Waals surface area contributed by atoms with Gasteiger partial charge in [-0.25, -0.2) is 0 Å². The van der Waals surface area contributed by atoms with Gasteiger partial charge in [-0.3, -0.25) is 0 Å². The highest BCUT2D eigenvalue weighted by molar-refractivity contribution is 9.10. The molecule has 6 aliphatic rings. The van der Waals surface area contributed by atoms with E-state index in [1.807, 2.05) is 0 Å². The van der Waals surface area contributed by atoms with Gasteiger partial charge in [0.25, 0.3) is 0 Å². The zero-order valence-corrected chi connectivity index (χ0v) is 8.08. The lowest BCUT2D eigenvalue weighted by molar-refractivity contribution is -0.593. The highest BCUT2D eigenvalue weighted by Gasteiger charge is 3.09. The number of halogens is 1. The molecule has 6 aliphatic carbocycles. The molecule has 0 radical (unpaired) electrons. The molecule has 0 N–H and O–H groups in total. The molecule has 0 aromatic heterocycles. The SMILES string of the molecule is N#CCC12C3C4C1C1C2C3C41Br. The molecule has 0 saturated heterocycles. The largest absolute Gasteiger partial charge is 0.198 e. The molecule has 0 bridgehead atoms. The molecule has 0 spiro atoms. The predicted molar refractivity (Wildman–Crippen MR) is 45.3 cm³/mol. The summed E-state index contributed by atoms with van der Waals surface area (Å²) in [6.07, 6.45) is 0.875. The summed E-state index contributed by atoms with van der Waals surface area (Å²) in [5, 5.41) is 8.77. The maximum absolute atomic E-state index is 8.77. The van der Waals surface area contributed by atoms with Gasteiger partial charge in [0.05, 0.1) is 6.07 Å². The van der Waals surface area contributed by atoms with Crippen LogP contribution in [0.2, 0.25) is 0 Å². The summed E-state index contributed by atoms with van der Waals surface area (Å²) >= 11 is 3.91. The van der Waals surface area contributed by atoms with E-state index in [-0.39, 0.29) is 0 Å². The second-order valence-corrected chi connectivity index (χ2v) is 6.80. The minimum absolute atomic E-state index is 0.601. The Kier molecular flexibility index (Phi) is 0.502. The normalized spacial score (nSPS) is 87.7. The zero-order chi connectivity index (χ0) is 7.88. The molecule has 60 valence electrons. The maximum atomic E-state index is 8.77. The standard InChI is InChI=1S/C10H8BrN/c11-10-6-3-7(10)5-8(10)4(6)9(3,5)1-2-12/h3-8H,1H2. The lowest BCUT2D eigenvalue weighted by Gasteiger charge is -3.10. The van der Waals surface area contributed by atoms with Crippen molar-refractivity contribution in [2.24, 2.45) is 40.9 Å². The van der Waals surface area contributed by atoms with E-state index in [1.54, 1.807) is 0 Å². The Balaban J connectivity index is 1.67. The van der Waals surface area contributed by atoms with Crippen molar-refractivity contribution < 1.29 is 0 Å². The van der Waals surface area contributed by atoms with Gasteiger partial charge in [0.15, 0.2) is 0 Å². The predicted octanol–water partition coefficient (Wildman–Crippen LogP) is 1.79. The quantitative estimate of drug-likeness (QED) is 0.620. The molecule has 2 heteroatoms. The van der Waals surface area contributed by atoms with Gasteiger partial charge in [0.2, 0.25) is 0 Å². The number of hydrogen-bond donors (Lipinski definition) is 0. The fourth-order valence-corrected chi connectivity index (χ4v) is 7.82. The zero-order valence-electron chi connectivity index (χ0n) is 6.50. The van der Waals surface area contributed by atoms with Crippen molar-refractivity contribution in [3.05, 3.63) is 0 Å². The minimum atomic E-state index is 0.601. The number of hydrogen-bond acceptors (Lipinski definition) is 1. The van der Waals surface area contributed by atoms with E-state index in [0.717, 1.165) is 41.9 Å². The molecule has 0 aliphatic heterocycles. The molecular formula is C10H8BrN. The van der Waals surface area contributed by atoms with Crippen molar-refractivity contribution >= 4 is 15.9 Å². The summed E-state index contributed by atoms with van der Waals surface area (Å²) in [5.74, 6) is 6.05. The second-order valence-electron chi connectivity index (χ2n) is 5.43. The smallest absolute Gasteiger partial charge is 0.0627 e. The first-order chi connectivity index (χ1) is 5.79. The van der Waals surface area contributed by atoms with Crippen LogP contribution in [0, 0.1) is 52.3 Å². The number of nitriles is 1. The topological polar surface area (TPSA) is 23.8 Å². The van der Waals surface area contributed by atoms with E-state index in [1.165, 1.54) is 0 Å². The first-order valence-corrected chi connectivity index (χ1v) is 5.64. The van der Waals surface area contributed by atoms with Gasteiger partial charge in [-0.1, -0.05) is 15.9 Å². The molecule has 0 unspecified atom stereocenters. The average molecular weight is 222 g/mol. The van der Waals surface area contributed by atoms with Crippen LogP contribution in [0.4, 0.5) is 0 Å².